The van der Waals surface area contributed by atoms with Gasteiger partial charge in [0.15, 0.2) is 0 Å². The third-order valence-corrected chi connectivity index (χ3v) is 5.91. The number of benzene rings is 1. The van der Waals surface area contributed by atoms with Gasteiger partial charge in [0.25, 0.3) is 0 Å². The average Bonchev–Trinajstić information content (AvgIpc) is 3.12. The third kappa shape index (κ3) is 7.73. The fraction of sp³-hybridized carbons (Fsp3) is 0.700. The van der Waals surface area contributed by atoms with Crippen LogP contribution in [0.25, 0.3) is 0 Å². The Morgan fingerprint density at radius 2 is 1.83 bits per heavy atom. The molecule has 0 saturated heterocycles. The van der Waals surface area contributed by atoms with Crippen molar-refractivity contribution in [2.45, 2.75) is 57.2 Å². The molecule has 1 fully saturated rings. The van der Waals surface area contributed by atoms with Crippen molar-refractivity contribution in [3.63, 3.8) is 0 Å². The number of hydrogen-bond acceptors (Lipinski definition) is 3. The van der Waals surface area contributed by atoms with Gasteiger partial charge in [-0.05, 0) is 63.2 Å². The molecule has 1 aromatic carbocycles. The minimum absolute atomic E-state index is 0.884. The smallest absolute Gasteiger partial charge is 0.0184 e. The van der Waals surface area contributed by atoms with E-state index in [9.17, 15) is 0 Å². The van der Waals surface area contributed by atoms with Crippen LogP contribution in [-0.2, 0) is 5.75 Å². The van der Waals surface area contributed by atoms with E-state index in [0.717, 1.165) is 18.3 Å². The molecule has 0 aliphatic heterocycles. The summed E-state index contributed by atoms with van der Waals surface area (Å²) in [7, 11) is 0. The lowest BCUT2D eigenvalue weighted by atomic mass is 10.2. The zero-order valence-electron chi connectivity index (χ0n) is 14.8. The number of hydrogen-bond donors (Lipinski definition) is 1. The fourth-order valence-electron chi connectivity index (χ4n) is 3.46. The van der Waals surface area contributed by atoms with E-state index in [-0.39, 0.29) is 0 Å². The van der Waals surface area contributed by atoms with Gasteiger partial charge in [0, 0.05) is 11.8 Å². The highest BCUT2D eigenvalue weighted by atomic mass is 32.2. The first-order valence-corrected chi connectivity index (χ1v) is 10.6. The van der Waals surface area contributed by atoms with Crippen LogP contribution in [-0.4, -0.2) is 42.9 Å². The molecule has 130 valence electrons. The molecule has 2 rings (SSSR count). The quantitative estimate of drug-likeness (QED) is 0.564. The van der Waals surface area contributed by atoms with Crippen LogP contribution < -0.4 is 5.32 Å². The summed E-state index contributed by atoms with van der Waals surface area (Å²) >= 11 is 2.05. The van der Waals surface area contributed by atoms with E-state index in [0.29, 0.717) is 0 Å². The van der Waals surface area contributed by atoms with Gasteiger partial charge in [-0.2, -0.15) is 11.8 Å². The number of thioether (sulfide) groups is 1. The van der Waals surface area contributed by atoms with Crippen molar-refractivity contribution >= 4 is 11.8 Å². The summed E-state index contributed by atoms with van der Waals surface area (Å²) in [6, 6.07) is 11.7. The van der Waals surface area contributed by atoms with Crippen molar-refractivity contribution in [3.8, 4) is 0 Å². The monoisotopic (exact) mass is 334 g/mol. The summed E-state index contributed by atoms with van der Waals surface area (Å²) in [5.41, 5.74) is 1.44. The second-order valence-corrected chi connectivity index (χ2v) is 7.67. The van der Waals surface area contributed by atoms with Gasteiger partial charge < -0.3 is 10.2 Å². The molecule has 0 heterocycles. The first-order valence-electron chi connectivity index (χ1n) is 9.46. The molecule has 3 heteroatoms. The van der Waals surface area contributed by atoms with Crippen molar-refractivity contribution in [1.29, 1.82) is 0 Å². The first kappa shape index (κ1) is 18.8. The Morgan fingerprint density at radius 3 is 2.57 bits per heavy atom. The molecule has 1 N–H and O–H groups in total. The zero-order valence-corrected chi connectivity index (χ0v) is 15.6. The predicted molar refractivity (Wildman–Crippen MR) is 104 cm³/mol. The van der Waals surface area contributed by atoms with Crippen LogP contribution in [0.5, 0.6) is 0 Å². The highest BCUT2D eigenvalue weighted by molar-refractivity contribution is 7.98. The van der Waals surface area contributed by atoms with Crippen molar-refractivity contribution in [2.24, 2.45) is 0 Å². The van der Waals surface area contributed by atoms with E-state index in [1.165, 1.54) is 69.5 Å². The highest BCUT2D eigenvalue weighted by Crippen LogP contribution is 2.23. The van der Waals surface area contributed by atoms with E-state index in [1.54, 1.807) is 0 Å². The van der Waals surface area contributed by atoms with Crippen molar-refractivity contribution in [3.05, 3.63) is 35.9 Å². The summed E-state index contributed by atoms with van der Waals surface area (Å²) in [5, 5.41) is 3.61. The lowest BCUT2D eigenvalue weighted by Crippen LogP contribution is -2.35. The van der Waals surface area contributed by atoms with E-state index < -0.39 is 0 Å². The normalized spacial score (nSPS) is 15.6. The summed E-state index contributed by atoms with van der Waals surface area (Å²) in [5.74, 6) is 2.40. The van der Waals surface area contributed by atoms with Gasteiger partial charge >= 0.3 is 0 Å². The van der Waals surface area contributed by atoms with Gasteiger partial charge in [-0.1, -0.05) is 50.1 Å². The number of nitrogens with zero attached hydrogens (tertiary/aromatic N) is 1. The second kappa shape index (κ2) is 11.9. The molecule has 1 saturated carbocycles. The first-order chi connectivity index (χ1) is 11.4. The van der Waals surface area contributed by atoms with Gasteiger partial charge in [-0.15, -0.1) is 0 Å². The van der Waals surface area contributed by atoms with Crippen LogP contribution >= 0.6 is 11.8 Å². The molecule has 1 aromatic rings. The summed E-state index contributed by atoms with van der Waals surface area (Å²) in [6.07, 6.45) is 8.32. The van der Waals surface area contributed by atoms with Gasteiger partial charge in [-0.3, -0.25) is 0 Å². The van der Waals surface area contributed by atoms with Gasteiger partial charge in [-0.25, -0.2) is 0 Å². The van der Waals surface area contributed by atoms with E-state index >= 15 is 0 Å². The predicted octanol–water partition coefficient (Wildman–Crippen LogP) is 4.55. The maximum atomic E-state index is 3.61. The molecule has 1 aliphatic carbocycles. The molecule has 0 atom stereocenters. The Kier molecular flexibility index (Phi) is 9.77. The molecule has 2 nitrogen and oxygen atoms in total. The number of rotatable bonds is 12. The Labute approximate surface area is 147 Å². The Morgan fingerprint density at radius 1 is 1.09 bits per heavy atom. The topological polar surface area (TPSA) is 15.3 Å². The third-order valence-electron chi connectivity index (χ3n) is 4.80. The van der Waals surface area contributed by atoms with E-state index in [4.69, 9.17) is 0 Å². The number of nitrogens with one attached hydrogen (secondary N) is 1. The molecule has 0 bridgehead atoms. The molecule has 1 aliphatic rings. The minimum Gasteiger partial charge on any atom is -0.317 e. The lowest BCUT2D eigenvalue weighted by Gasteiger charge is -2.27. The molecule has 0 amide bonds. The van der Waals surface area contributed by atoms with Crippen LogP contribution in [0.4, 0.5) is 0 Å². The summed E-state index contributed by atoms with van der Waals surface area (Å²) < 4.78 is 0. The molecule has 0 radical (unpaired) electrons. The molecule has 23 heavy (non-hydrogen) atoms. The molecule has 0 aromatic heterocycles. The lowest BCUT2D eigenvalue weighted by molar-refractivity contribution is 0.206. The van der Waals surface area contributed by atoms with Gasteiger partial charge in [0.1, 0.15) is 0 Å². The molecule has 0 spiro atoms. The molecular formula is C20H34N2S. The SMILES string of the molecule is CCN(CCCNCCCSCc1ccccc1)C1CCCC1. The van der Waals surface area contributed by atoms with Crippen LogP contribution in [0.1, 0.15) is 51.0 Å². The summed E-state index contributed by atoms with van der Waals surface area (Å²) in [6.45, 7) is 7.15. The summed E-state index contributed by atoms with van der Waals surface area (Å²) in [4.78, 5) is 2.70. The maximum Gasteiger partial charge on any atom is 0.0184 e. The Bertz CT molecular complexity index is 390. The standard InChI is InChI=1S/C20H34N2S/c1-2-22(20-12-6-7-13-20)16-8-14-21-15-9-17-23-18-19-10-4-3-5-11-19/h3-5,10-11,20-21H,2,6-9,12-18H2,1H3. The zero-order chi connectivity index (χ0) is 16.2. The maximum absolute atomic E-state index is 3.61. The second-order valence-electron chi connectivity index (χ2n) is 6.56. The van der Waals surface area contributed by atoms with Crippen molar-refractivity contribution in [1.82, 2.24) is 10.2 Å². The Hall–Kier alpha value is -0.510. The van der Waals surface area contributed by atoms with Crippen LogP contribution in [0.15, 0.2) is 30.3 Å². The molecule has 0 unspecified atom stereocenters. The van der Waals surface area contributed by atoms with E-state index in [2.05, 4.69) is 47.5 Å². The van der Waals surface area contributed by atoms with Crippen LogP contribution in [0.3, 0.4) is 0 Å². The Balaban J connectivity index is 1.40. The fourth-order valence-corrected chi connectivity index (χ4v) is 4.38. The van der Waals surface area contributed by atoms with Crippen LogP contribution in [0.2, 0.25) is 0 Å². The highest BCUT2D eigenvalue weighted by Gasteiger charge is 2.20. The van der Waals surface area contributed by atoms with Crippen molar-refractivity contribution < 1.29 is 0 Å². The van der Waals surface area contributed by atoms with Gasteiger partial charge in [0.05, 0.1) is 0 Å². The van der Waals surface area contributed by atoms with Gasteiger partial charge in [0.2, 0.25) is 0 Å². The molecular weight excluding hydrogens is 300 g/mol. The van der Waals surface area contributed by atoms with Crippen LogP contribution in [0, 0.1) is 0 Å². The minimum atomic E-state index is 0.884. The van der Waals surface area contributed by atoms with E-state index in [1.807, 2.05) is 11.8 Å². The van der Waals surface area contributed by atoms with Crippen molar-refractivity contribution in [2.75, 3.05) is 31.9 Å². The average molecular weight is 335 g/mol. The largest absolute Gasteiger partial charge is 0.317 e.